The normalized spacial score (nSPS) is 22.2. The highest BCUT2D eigenvalue weighted by atomic mass is 32.2. The van der Waals surface area contributed by atoms with Crippen molar-refractivity contribution < 1.29 is 14.7 Å². The lowest BCUT2D eigenvalue weighted by Crippen LogP contribution is -2.42. The summed E-state index contributed by atoms with van der Waals surface area (Å²) in [6, 6.07) is 6.60. The molecule has 1 aromatic rings. The third kappa shape index (κ3) is 2.61. The minimum Gasteiger partial charge on any atom is -0.478 e. The van der Waals surface area contributed by atoms with Gasteiger partial charge in [0.05, 0.1) is 16.0 Å². The molecule has 1 aliphatic rings. The van der Waals surface area contributed by atoms with Crippen LogP contribution in [-0.4, -0.2) is 34.5 Å². The first-order valence-electron chi connectivity index (χ1n) is 6.20. The van der Waals surface area contributed by atoms with Gasteiger partial charge < -0.3 is 10.0 Å². The van der Waals surface area contributed by atoms with Crippen molar-refractivity contribution in [1.82, 2.24) is 0 Å². The second kappa shape index (κ2) is 5.25. The molecule has 5 heteroatoms. The summed E-state index contributed by atoms with van der Waals surface area (Å²) in [5.74, 6) is -0.0559. The average Bonchev–Trinajstić information content (AvgIpc) is 2.85. The van der Waals surface area contributed by atoms with Crippen LogP contribution in [0.4, 0.5) is 5.69 Å². The highest BCUT2D eigenvalue weighted by Gasteiger charge is 2.39. The number of carboxylic acids is 1. The summed E-state index contributed by atoms with van der Waals surface area (Å²) in [5.41, 5.74) is 0.610. The molecule has 0 bridgehead atoms. The van der Waals surface area contributed by atoms with Crippen LogP contribution in [0, 0.1) is 0 Å². The lowest BCUT2D eigenvalue weighted by Gasteiger charge is -2.29. The number of benzene rings is 1. The number of rotatable bonds is 3. The molecule has 1 saturated heterocycles. The van der Waals surface area contributed by atoms with Crippen LogP contribution in [0.2, 0.25) is 0 Å². The van der Waals surface area contributed by atoms with E-state index in [-0.39, 0.29) is 11.5 Å². The predicted molar refractivity (Wildman–Crippen MR) is 76.9 cm³/mol. The molecule has 1 amide bonds. The second-order valence-corrected chi connectivity index (χ2v) is 6.47. The Hall–Kier alpha value is -1.49. The van der Waals surface area contributed by atoms with Gasteiger partial charge >= 0.3 is 5.97 Å². The summed E-state index contributed by atoms with van der Waals surface area (Å²) in [5, 5.41) is 9.18. The molecule has 0 radical (unpaired) electrons. The van der Waals surface area contributed by atoms with Crippen molar-refractivity contribution in [3.8, 4) is 0 Å². The van der Waals surface area contributed by atoms with Gasteiger partial charge in [0.25, 0.3) is 0 Å². The van der Waals surface area contributed by atoms with Crippen LogP contribution in [0.15, 0.2) is 24.3 Å². The lowest BCUT2D eigenvalue weighted by molar-refractivity contribution is -0.120. The lowest BCUT2D eigenvalue weighted by atomic mass is 10.0. The third-order valence-corrected chi connectivity index (χ3v) is 4.98. The van der Waals surface area contributed by atoms with Crippen molar-refractivity contribution in [1.29, 1.82) is 0 Å². The van der Waals surface area contributed by atoms with Gasteiger partial charge in [-0.1, -0.05) is 12.1 Å². The molecule has 102 valence electrons. The standard InChI is InChI=1S/C14H17NO3S/c1-14(8-5-9-19-14)13(18)15(2)11-7-4-3-6-10(11)12(16)17/h3-4,6-7H,5,8-9H2,1-2H3,(H,16,17). The number of carboxylic acid groups (broad SMARTS) is 1. The zero-order valence-electron chi connectivity index (χ0n) is 11.0. The fourth-order valence-electron chi connectivity index (χ4n) is 2.36. The highest BCUT2D eigenvalue weighted by molar-refractivity contribution is 8.01. The fourth-order valence-corrected chi connectivity index (χ4v) is 3.65. The van der Waals surface area contributed by atoms with Crippen molar-refractivity contribution in [2.45, 2.75) is 24.5 Å². The van der Waals surface area contributed by atoms with Crippen molar-refractivity contribution in [2.75, 3.05) is 17.7 Å². The van der Waals surface area contributed by atoms with Crippen molar-refractivity contribution in [3.63, 3.8) is 0 Å². The molecular weight excluding hydrogens is 262 g/mol. The Morgan fingerprint density at radius 2 is 2.05 bits per heavy atom. The van der Waals surface area contributed by atoms with Gasteiger partial charge in [-0.05, 0) is 37.7 Å². The summed E-state index contributed by atoms with van der Waals surface area (Å²) in [6.07, 6.45) is 1.87. The molecule has 1 fully saturated rings. The van der Waals surface area contributed by atoms with Crippen LogP contribution in [0.1, 0.15) is 30.1 Å². The van der Waals surface area contributed by atoms with Gasteiger partial charge in [-0.3, -0.25) is 4.79 Å². The number of amides is 1. The van der Waals surface area contributed by atoms with E-state index in [2.05, 4.69) is 0 Å². The number of hydrogen-bond acceptors (Lipinski definition) is 3. The maximum atomic E-state index is 12.6. The van der Waals surface area contributed by atoms with E-state index in [4.69, 9.17) is 0 Å². The average molecular weight is 279 g/mol. The summed E-state index contributed by atoms with van der Waals surface area (Å²) in [4.78, 5) is 25.2. The maximum absolute atomic E-state index is 12.6. The molecule has 0 saturated carbocycles. The SMILES string of the molecule is CN(C(=O)C1(C)CCCS1)c1ccccc1C(=O)O. The molecule has 0 aliphatic carbocycles. The van der Waals surface area contributed by atoms with E-state index in [1.165, 1.54) is 11.0 Å². The number of anilines is 1. The first-order valence-corrected chi connectivity index (χ1v) is 7.19. The summed E-state index contributed by atoms with van der Waals surface area (Å²) < 4.78 is -0.430. The first-order chi connectivity index (χ1) is 8.96. The van der Waals surface area contributed by atoms with E-state index in [1.807, 2.05) is 6.92 Å². The predicted octanol–water partition coefficient (Wildman–Crippen LogP) is 2.63. The Balaban J connectivity index is 2.31. The minimum absolute atomic E-state index is 0.0244. The van der Waals surface area contributed by atoms with E-state index in [9.17, 15) is 14.7 Å². The minimum atomic E-state index is -1.01. The molecule has 1 unspecified atom stereocenters. The van der Waals surface area contributed by atoms with Crippen LogP contribution in [0.3, 0.4) is 0 Å². The maximum Gasteiger partial charge on any atom is 0.337 e. The van der Waals surface area contributed by atoms with Gasteiger partial charge in [-0.15, -0.1) is 11.8 Å². The Morgan fingerprint density at radius 3 is 2.63 bits per heavy atom. The number of para-hydroxylation sites is 1. The summed E-state index contributed by atoms with van der Waals surface area (Å²) >= 11 is 1.65. The monoisotopic (exact) mass is 279 g/mol. The van der Waals surface area contributed by atoms with Crippen LogP contribution in [0.25, 0.3) is 0 Å². The molecule has 0 aromatic heterocycles. The summed E-state index contributed by atoms with van der Waals surface area (Å²) in [6.45, 7) is 1.94. The van der Waals surface area contributed by atoms with Crippen LogP contribution < -0.4 is 4.90 Å². The zero-order valence-corrected chi connectivity index (χ0v) is 11.9. The van der Waals surface area contributed by atoms with E-state index >= 15 is 0 Å². The second-order valence-electron chi connectivity index (χ2n) is 4.87. The number of hydrogen-bond donors (Lipinski definition) is 1. The van der Waals surface area contributed by atoms with Gasteiger partial charge in [0.2, 0.25) is 5.91 Å². The number of thioether (sulfide) groups is 1. The number of aromatic carboxylic acids is 1. The van der Waals surface area contributed by atoms with E-state index in [1.54, 1.807) is 37.0 Å². The van der Waals surface area contributed by atoms with Crippen molar-refractivity contribution in [3.05, 3.63) is 29.8 Å². The molecule has 1 heterocycles. The fraction of sp³-hybridized carbons (Fsp3) is 0.429. The molecule has 1 aliphatic heterocycles. The van der Waals surface area contributed by atoms with E-state index in [0.29, 0.717) is 5.69 Å². The van der Waals surface area contributed by atoms with Gasteiger partial charge in [0, 0.05) is 7.05 Å². The smallest absolute Gasteiger partial charge is 0.337 e. The van der Waals surface area contributed by atoms with Crippen LogP contribution in [-0.2, 0) is 4.79 Å². The Kier molecular flexibility index (Phi) is 3.85. The largest absolute Gasteiger partial charge is 0.478 e. The van der Waals surface area contributed by atoms with Crippen LogP contribution in [0.5, 0.6) is 0 Å². The molecule has 2 rings (SSSR count). The molecule has 1 atom stereocenters. The van der Waals surface area contributed by atoms with Gasteiger partial charge in [0.1, 0.15) is 0 Å². The Morgan fingerprint density at radius 1 is 1.37 bits per heavy atom. The zero-order chi connectivity index (χ0) is 14.0. The molecule has 4 nitrogen and oxygen atoms in total. The van der Waals surface area contributed by atoms with Crippen LogP contribution >= 0.6 is 11.8 Å². The Labute approximate surface area is 116 Å². The molecule has 19 heavy (non-hydrogen) atoms. The first kappa shape index (κ1) is 13.9. The van der Waals surface area contributed by atoms with E-state index in [0.717, 1.165) is 18.6 Å². The topological polar surface area (TPSA) is 57.6 Å². The van der Waals surface area contributed by atoms with Gasteiger partial charge in [0.15, 0.2) is 0 Å². The summed E-state index contributed by atoms with van der Waals surface area (Å²) in [7, 11) is 1.65. The highest BCUT2D eigenvalue weighted by Crippen LogP contribution is 2.40. The molecule has 1 aromatic carbocycles. The number of carbonyl (C=O) groups is 2. The van der Waals surface area contributed by atoms with Crippen molar-refractivity contribution >= 4 is 29.3 Å². The third-order valence-electron chi connectivity index (χ3n) is 3.47. The van der Waals surface area contributed by atoms with Gasteiger partial charge in [-0.25, -0.2) is 4.79 Å². The van der Waals surface area contributed by atoms with Gasteiger partial charge in [-0.2, -0.15) is 0 Å². The molecular formula is C14H17NO3S. The van der Waals surface area contributed by atoms with Crippen molar-refractivity contribution in [2.24, 2.45) is 0 Å². The molecule has 0 spiro atoms. The van der Waals surface area contributed by atoms with E-state index < -0.39 is 10.7 Å². The number of carbonyl (C=O) groups excluding carboxylic acids is 1. The quantitative estimate of drug-likeness (QED) is 0.924. The number of nitrogens with zero attached hydrogens (tertiary/aromatic N) is 1. The Bertz CT molecular complexity index is 509. The molecule has 1 N–H and O–H groups in total.